The summed E-state index contributed by atoms with van der Waals surface area (Å²) in [7, 11) is 1.56. The zero-order valence-corrected chi connectivity index (χ0v) is 31.0. The second kappa shape index (κ2) is 18.4. The third-order valence-electron chi connectivity index (χ3n) is 8.31. The summed E-state index contributed by atoms with van der Waals surface area (Å²) >= 11 is 6.57. The minimum atomic E-state index is -1.17. The van der Waals surface area contributed by atoms with Gasteiger partial charge in [0.2, 0.25) is 5.91 Å². The molecule has 272 valence electrons. The monoisotopic (exact) mass is 737 g/mol. The van der Waals surface area contributed by atoms with Gasteiger partial charge in [-0.2, -0.15) is 0 Å². The lowest BCUT2D eigenvalue weighted by Gasteiger charge is -2.31. The molecule has 0 saturated heterocycles. The number of carbonyl (C=O) groups is 2. The number of benzene rings is 4. The van der Waals surface area contributed by atoms with Crippen molar-refractivity contribution in [3.05, 3.63) is 124 Å². The zero-order valence-electron chi connectivity index (χ0n) is 29.4. The van der Waals surface area contributed by atoms with Gasteiger partial charge >= 0.3 is 0 Å². The van der Waals surface area contributed by atoms with Crippen molar-refractivity contribution in [3.8, 4) is 11.5 Å². The molecule has 0 saturated carbocycles. The van der Waals surface area contributed by atoms with Gasteiger partial charge < -0.3 is 29.7 Å². The van der Waals surface area contributed by atoms with Crippen molar-refractivity contribution in [3.63, 3.8) is 0 Å². The van der Waals surface area contributed by atoms with E-state index in [0.717, 1.165) is 13.0 Å². The van der Waals surface area contributed by atoms with Crippen LogP contribution in [0.1, 0.15) is 55.5 Å². The summed E-state index contributed by atoms with van der Waals surface area (Å²) in [6.07, 6.45) is -1.38. The number of nitrogens with one attached hydrogen (secondary N) is 2. The first-order chi connectivity index (χ1) is 24.0. The van der Waals surface area contributed by atoms with Gasteiger partial charge in [-0.3, -0.25) is 9.59 Å². The van der Waals surface area contributed by atoms with Crippen molar-refractivity contribution in [2.45, 2.75) is 52.4 Å². The Morgan fingerprint density at radius 3 is 2.43 bits per heavy atom. The predicted molar refractivity (Wildman–Crippen MR) is 202 cm³/mol. The van der Waals surface area contributed by atoms with Crippen LogP contribution in [0.2, 0.25) is 5.02 Å². The average molecular weight is 739 g/mol. The quantitative estimate of drug-likeness (QED) is 0.129. The van der Waals surface area contributed by atoms with E-state index in [9.17, 15) is 14.0 Å². The fraction of sp³-hybridized carbons (Fsp3) is 0.350. The number of anilines is 1. The number of hydrogen-bond donors (Lipinski definition) is 2. The Morgan fingerprint density at radius 1 is 0.961 bits per heavy atom. The average Bonchev–Trinajstić information content (AvgIpc) is 3.19. The highest BCUT2D eigenvalue weighted by molar-refractivity contribution is 6.30. The van der Waals surface area contributed by atoms with Crippen LogP contribution in [0.4, 0.5) is 10.1 Å². The molecule has 0 aliphatic carbocycles. The number of nitrogens with zero attached hydrogens (tertiary/aromatic N) is 1. The molecule has 1 aliphatic heterocycles. The molecule has 2 N–H and O–H groups in total. The maximum atomic E-state index is 14.3. The minimum absolute atomic E-state index is 0. The van der Waals surface area contributed by atoms with Gasteiger partial charge in [0.15, 0.2) is 11.5 Å². The first-order valence-corrected chi connectivity index (χ1v) is 17.2. The number of halogens is 3. The molecule has 11 heteroatoms. The van der Waals surface area contributed by atoms with Crippen LogP contribution in [0, 0.1) is 11.2 Å². The van der Waals surface area contributed by atoms with E-state index in [0.29, 0.717) is 58.6 Å². The van der Waals surface area contributed by atoms with Crippen LogP contribution in [-0.4, -0.2) is 51.3 Å². The first kappa shape index (κ1) is 39.6. The van der Waals surface area contributed by atoms with Crippen molar-refractivity contribution < 1.29 is 28.2 Å². The molecule has 0 spiro atoms. The van der Waals surface area contributed by atoms with Crippen molar-refractivity contribution in [1.29, 1.82) is 0 Å². The number of ether oxygens (including phenoxy) is 3. The van der Waals surface area contributed by atoms with E-state index in [-0.39, 0.29) is 36.7 Å². The van der Waals surface area contributed by atoms with Gasteiger partial charge in [-0.1, -0.05) is 93.0 Å². The van der Waals surface area contributed by atoms with Gasteiger partial charge in [0, 0.05) is 47.0 Å². The van der Waals surface area contributed by atoms with E-state index < -0.39 is 23.9 Å². The van der Waals surface area contributed by atoms with E-state index >= 15 is 0 Å². The summed E-state index contributed by atoms with van der Waals surface area (Å²) in [6, 6.07) is 27.4. The van der Waals surface area contributed by atoms with Crippen LogP contribution < -0.4 is 25.0 Å². The van der Waals surface area contributed by atoms with Crippen LogP contribution >= 0.6 is 24.0 Å². The fourth-order valence-corrected chi connectivity index (χ4v) is 6.15. The van der Waals surface area contributed by atoms with E-state index in [1.807, 2.05) is 63.2 Å². The van der Waals surface area contributed by atoms with Crippen LogP contribution in [0.3, 0.4) is 0 Å². The molecule has 0 fully saturated rings. The topological polar surface area (TPSA) is 89.1 Å². The van der Waals surface area contributed by atoms with Gasteiger partial charge in [0.05, 0.1) is 13.5 Å². The molecule has 2 atom stereocenters. The Morgan fingerprint density at radius 2 is 1.71 bits per heavy atom. The maximum absolute atomic E-state index is 14.3. The summed E-state index contributed by atoms with van der Waals surface area (Å²) in [6.45, 7) is 8.28. The molecule has 1 heterocycles. The van der Waals surface area contributed by atoms with Gasteiger partial charge in [-0.25, -0.2) is 4.39 Å². The van der Waals surface area contributed by atoms with Gasteiger partial charge in [-0.15, -0.1) is 12.4 Å². The van der Waals surface area contributed by atoms with Crippen LogP contribution in [-0.2, 0) is 27.3 Å². The number of methoxy groups -OCH3 is 1. The van der Waals surface area contributed by atoms with Crippen molar-refractivity contribution >= 4 is 41.5 Å². The van der Waals surface area contributed by atoms with Gasteiger partial charge in [-0.05, 0) is 54.3 Å². The molecular formula is C40H46Cl2FN3O5. The lowest BCUT2D eigenvalue weighted by Crippen LogP contribution is -2.45. The minimum Gasteiger partial charge on any atom is -0.492 e. The Kier molecular flexibility index (Phi) is 14.3. The van der Waals surface area contributed by atoms with Crippen LogP contribution in [0.25, 0.3) is 0 Å². The predicted octanol–water partition coefficient (Wildman–Crippen LogP) is 7.69. The molecule has 4 aromatic carbocycles. The summed E-state index contributed by atoms with van der Waals surface area (Å²) < 4.78 is 33.0. The van der Waals surface area contributed by atoms with E-state index in [2.05, 4.69) is 22.8 Å². The van der Waals surface area contributed by atoms with Gasteiger partial charge in [0.1, 0.15) is 24.6 Å². The number of carbonyl (C=O) groups excluding carboxylic acids is 2. The molecular weight excluding hydrogens is 692 g/mol. The largest absolute Gasteiger partial charge is 0.492 e. The second-order valence-corrected chi connectivity index (χ2v) is 13.9. The zero-order chi connectivity index (χ0) is 35.7. The summed E-state index contributed by atoms with van der Waals surface area (Å²) in [5.74, 6) is -0.264. The highest BCUT2D eigenvalue weighted by Gasteiger charge is 2.40. The standard InChI is InChI=1S/C40H45ClFN3O5.ClH/c1-40(2,3)26-45-33-18-17-29(41)23-31(33)37(50-35(39(45)47)24-36(46)44-25-28-13-8-9-15-32(28)42)30-14-10-16-34(38(30)48-4)49-22-21-43-20-19-27-11-6-5-7-12-27;/h5-18,23,35,37,43H,19-22,24-26H2,1-4H3,(H,44,46);1H. The lowest BCUT2D eigenvalue weighted by molar-refractivity contribution is -0.138. The third kappa shape index (κ3) is 10.7. The number of para-hydroxylation sites is 1. The van der Waals surface area contributed by atoms with E-state index in [1.54, 1.807) is 42.3 Å². The number of hydrogen-bond acceptors (Lipinski definition) is 6. The highest BCUT2D eigenvalue weighted by atomic mass is 35.5. The Labute approximate surface area is 311 Å². The fourth-order valence-electron chi connectivity index (χ4n) is 5.97. The summed E-state index contributed by atoms with van der Waals surface area (Å²) in [5, 5.41) is 6.64. The molecule has 8 nitrogen and oxygen atoms in total. The first-order valence-electron chi connectivity index (χ1n) is 16.8. The SMILES string of the molecule is COc1c(OCCNCCc2ccccc2)cccc1C1OC(CC(=O)NCc2ccccc2F)C(=O)N(CC(C)(C)C)c2ccc(Cl)cc21.Cl. The number of fused-ring (bicyclic) bond motifs is 1. The molecule has 51 heavy (non-hydrogen) atoms. The van der Waals surface area contributed by atoms with E-state index in [1.165, 1.54) is 11.6 Å². The molecule has 0 aromatic heterocycles. The van der Waals surface area contributed by atoms with E-state index in [4.69, 9.17) is 25.8 Å². The van der Waals surface area contributed by atoms with Crippen LogP contribution in [0.5, 0.6) is 11.5 Å². The molecule has 5 rings (SSSR count). The second-order valence-electron chi connectivity index (χ2n) is 13.5. The Bertz CT molecular complexity index is 1770. The molecule has 4 aromatic rings. The maximum Gasteiger partial charge on any atom is 0.256 e. The number of rotatable bonds is 14. The summed E-state index contributed by atoms with van der Waals surface area (Å²) in [4.78, 5) is 29.3. The highest BCUT2D eigenvalue weighted by Crippen LogP contribution is 2.45. The molecule has 2 amide bonds. The Balaban J connectivity index is 0.00000583. The van der Waals surface area contributed by atoms with Crippen molar-refractivity contribution in [2.75, 3.05) is 38.3 Å². The molecule has 0 bridgehead atoms. The van der Waals surface area contributed by atoms with Crippen molar-refractivity contribution in [2.24, 2.45) is 5.41 Å². The van der Waals surface area contributed by atoms with Gasteiger partial charge in [0.25, 0.3) is 5.91 Å². The third-order valence-corrected chi connectivity index (χ3v) is 8.54. The lowest BCUT2D eigenvalue weighted by atomic mass is 9.94. The van der Waals surface area contributed by atoms with Crippen LogP contribution in [0.15, 0.2) is 91.0 Å². The molecule has 0 radical (unpaired) electrons. The molecule has 1 aliphatic rings. The van der Waals surface area contributed by atoms with Crippen molar-refractivity contribution in [1.82, 2.24) is 10.6 Å². The number of amides is 2. The normalized spacial score (nSPS) is 15.7. The molecule has 2 unspecified atom stereocenters. The summed E-state index contributed by atoms with van der Waals surface area (Å²) in [5.41, 5.74) is 3.22. The Hall–Kier alpha value is -4.15. The smallest absolute Gasteiger partial charge is 0.256 e.